The number of likely N-dealkylation sites (tertiary alicyclic amines) is 1. The number of anilines is 1. The molecule has 3 rings (SSSR count). The molecule has 2 aromatic rings. The Bertz CT molecular complexity index is 691. The Morgan fingerprint density at radius 2 is 1.96 bits per heavy atom. The third kappa shape index (κ3) is 4.56. The molecule has 0 spiro atoms. The molecular formula is C18H22ClN3OS. The van der Waals surface area contributed by atoms with Gasteiger partial charge in [-0.3, -0.25) is 9.69 Å². The van der Waals surface area contributed by atoms with Crippen molar-refractivity contribution in [3.63, 3.8) is 0 Å². The van der Waals surface area contributed by atoms with Crippen LogP contribution in [-0.2, 0) is 4.79 Å². The van der Waals surface area contributed by atoms with Crippen LogP contribution in [0.5, 0.6) is 0 Å². The SMILES string of the molecule is CC1CC(C)CN(CC(=O)Nc2nc(-c3ccc(Cl)cc3)cs2)C1. The third-order valence-electron chi connectivity index (χ3n) is 4.20. The first kappa shape index (κ1) is 17.4. The summed E-state index contributed by atoms with van der Waals surface area (Å²) in [6.07, 6.45) is 1.25. The predicted molar refractivity (Wildman–Crippen MR) is 101 cm³/mol. The quantitative estimate of drug-likeness (QED) is 0.876. The number of hydrogen-bond donors (Lipinski definition) is 1. The zero-order valence-electron chi connectivity index (χ0n) is 14.0. The van der Waals surface area contributed by atoms with Gasteiger partial charge in [0.1, 0.15) is 0 Å². The molecule has 2 unspecified atom stereocenters. The number of nitrogens with one attached hydrogen (secondary N) is 1. The highest BCUT2D eigenvalue weighted by Crippen LogP contribution is 2.26. The Balaban J connectivity index is 1.58. The minimum atomic E-state index is 0.00769. The Labute approximate surface area is 151 Å². The number of aromatic nitrogens is 1. The van der Waals surface area contributed by atoms with Gasteiger partial charge < -0.3 is 5.32 Å². The molecule has 2 atom stereocenters. The second kappa shape index (κ2) is 7.64. The number of hydrogen-bond acceptors (Lipinski definition) is 4. The molecular weight excluding hydrogens is 342 g/mol. The lowest BCUT2D eigenvalue weighted by Crippen LogP contribution is -2.42. The largest absolute Gasteiger partial charge is 0.301 e. The fourth-order valence-electron chi connectivity index (χ4n) is 3.37. The molecule has 1 aliphatic rings. The first-order valence-corrected chi connectivity index (χ1v) is 9.49. The predicted octanol–water partition coefficient (Wildman–Crippen LogP) is 4.38. The maximum absolute atomic E-state index is 12.3. The summed E-state index contributed by atoms with van der Waals surface area (Å²) in [5, 5.41) is 6.21. The minimum Gasteiger partial charge on any atom is -0.301 e. The van der Waals surface area contributed by atoms with Gasteiger partial charge in [0.2, 0.25) is 5.91 Å². The van der Waals surface area contributed by atoms with Gasteiger partial charge in [-0.25, -0.2) is 4.98 Å². The molecule has 4 nitrogen and oxygen atoms in total. The van der Waals surface area contributed by atoms with Crippen molar-refractivity contribution >= 4 is 34.0 Å². The van der Waals surface area contributed by atoms with E-state index in [0.717, 1.165) is 24.3 Å². The van der Waals surface area contributed by atoms with E-state index in [1.807, 2.05) is 29.6 Å². The van der Waals surface area contributed by atoms with Crippen LogP contribution < -0.4 is 5.32 Å². The fraction of sp³-hybridized carbons (Fsp3) is 0.444. The van der Waals surface area contributed by atoms with Crippen LogP contribution in [0.3, 0.4) is 0 Å². The van der Waals surface area contributed by atoms with Gasteiger partial charge in [0.15, 0.2) is 5.13 Å². The van der Waals surface area contributed by atoms with Crippen molar-refractivity contribution in [2.75, 3.05) is 25.0 Å². The van der Waals surface area contributed by atoms with Crippen molar-refractivity contribution in [1.29, 1.82) is 0 Å². The summed E-state index contributed by atoms with van der Waals surface area (Å²) in [7, 11) is 0. The van der Waals surface area contributed by atoms with Crippen LogP contribution in [0.1, 0.15) is 20.3 Å². The van der Waals surface area contributed by atoms with E-state index in [4.69, 9.17) is 11.6 Å². The van der Waals surface area contributed by atoms with Crippen molar-refractivity contribution < 1.29 is 4.79 Å². The van der Waals surface area contributed by atoms with Crippen LogP contribution in [0.15, 0.2) is 29.6 Å². The summed E-state index contributed by atoms with van der Waals surface area (Å²) in [5.74, 6) is 1.31. The number of rotatable bonds is 4. The van der Waals surface area contributed by atoms with Crippen molar-refractivity contribution in [3.05, 3.63) is 34.7 Å². The van der Waals surface area contributed by atoms with Crippen LogP contribution in [0, 0.1) is 11.8 Å². The van der Waals surface area contributed by atoms with Crippen LogP contribution in [-0.4, -0.2) is 35.4 Å². The van der Waals surface area contributed by atoms with Gasteiger partial charge in [0.25, 0.3) is 0 Å². The highest BCUT2D eigenvalue weighted by Gasteiger charge is 2.23. The number of amides is 1. The van der Waals surface area contributed by atoms with E-state index in [0.29, 0.717) is 28.5 Å². The average Bonchev–Trinajstić information content (AvgIpc) is 2.95. The van der Waals surface area contributed by atoms with E-state index >= 15 is 0 Å². The van der Waals surface area contributed by atoms with Gasteiger partial charge in [0, 0.05) is 29.1 Å². The minimum absolute atomic E-state index is 0.00769. The smallest absolute Gasteiger partial charge is 0.240 e. The molecule has 24 heavy (non-hydrogen) atoms. The maximum Gasteiger partial charge on any atom is 0.240 e. The Morgan fingerprint density at radius 3 is 2.62 bits per heavy atom. The summed E-state index contributed by atoms with van der Waals surface area (Å²) in [5.41, 5.74) is 1.85. The summed E-state index contributed by atoms with van der Waals surface area (Å²) in [4.78, 5) is 19.0. The second-order valence-electron chi connectivity index (χ2n) is 6.73. The third-order valence-corrected chi connectivity index (χ3v) is 5.21. The molecule has 0 bridgehead atoms. The van der Waals surface area contributed by atoms with Gasteiger partial charge in [0.05, 0.1) is 12.2 Å². The molecule has 2 heterocycles. The number of carbonyl (C=O) groups excluding carboxylic acids is 1. The highest BCUT2D eigenvalue weighted by atomic mass is 35.5. The normalized spacial score (nSPS) is 21.6. The van der Waals surface area contributed by atoms with E-state index in [9.17, 15) is 4.79 Å². The molecule has 1 amide bonds. The molecule has 1 aliphatic heterocycles. The summed E-state index contributed by atoms with van der Waals surface area (Å²) >= 11 is 7.35. The van der Waals surface area contributed by atoms with Gasteiger partial charge in [-0.2, -0.15) is 0 Å². The fourth-order valence-corrected chi connectivity index (χ4v) is 4.23. The Hall–Kier alpha value is -1.43. The summed E-state index contributed by atoms with van der Waals surface area (Å²) in [6, 6.07) is 7.54. The lowest BCUT2D eigenvalue weighted by molar-refractivity contribution is -0.117. The zero-order valence-corrected chi connectivity index (χ0v) is 15.5. The van der Waals surface area contributed by atoms with E-state index in [-0.39, 0.29) is 5.91 Å². The Kier molecular flexibility index (Phi) is 5.54. The van der Waals surface area contributed by atoms with E-state index in [1.165, 1.54) is 17.8 Å². The molecule has 1 aromatic heterocycles. The van der Waals surface area contributed by atoms with Gasteiger partial charge in [-0.05, 0) is 30.4 Å². The lowest BCUT2D eigenvalue weighted by Gasteiger charge is -2.34. The van der Waals surface area contributed by atoms with Crippen molar-refractivity contribution in [2.45, 2.75) is 20.3 Å². The van der Waals surface area contributed by atoms with Crippen molar-refractivity contribution in [2.24, 2.45) is 11.8 Å². The van der Waals surface area contributed by atoms with Gasteiger partial charge in [-0.1, -0.05) is 37.6 Å². The number of piperidine rings is 1. The molecule has 0 aliphatic carbocycles. The molecule has 0 radical (unpaired) electrons. The van der Waals surface area contributed by atoms with Crippen LogP contribution in [0.2, 0.25) is 5.02 Å². The Morgan fingerprint density at radius 1 is 1.29 bits per heavy atom. The van der Waals surface area contributed by atoms with Crippen molar-refractivity contribution in [1.82, 2.24) is 9.88 Å². The van der Waals surface area contributed by atoms with Crippen LogP contribution in [0.25, 0.3) is 11.3 Å². The molecule has 128 valence electrons. The van der Waals surface area contributed by atoms with Gasteiger partial charge >= 0.3 is 0 Å². The van der Waals surface area contributed by atoms with E-state index in [2.05, 4.69) is 29.0 Å². The molecule has 1 saturated heterocycles. The highest BCUT2D eigenvalue weighted by molar-refractivity contribution is 7.14. The molecule has 1 N–H and O–H groups in total. The summed E-state index contributed by atoms with van der Waals surface area (Å²) in [6.45, 7) is 6.92. The molecule has 1 fully saturated rings. The maximum atomic E-state index is 12.3. The molecule has 6 heteroatoms. The summed E-state index contributed by atoms with van der Waals surface area (Å²) < 4.78 is 0. The lowest BCUT2D eigenvalue weighted by atomic mass is 9.92. The number of benzene rings is 1. The first-order chi connectivity index (χ1) is 11.5. The number of thiazole rings is 1. The molecule has 0 saturated carbocycles. The van der Waals surface area contributed by atoms with Gasteiger partial charge in [-0.15, -0.1) is 11.3 Å². The number of halogens is 1. The standard InChI is InChI=1S/C18H22ClN3OS/c1-12-7-13(2)9-22(8-12)10-17(23)21-18-20-16(11-24-18)14-3-5-15(19)6-4-14/h3-6,11-13H,7-10H2,1-2H3,(H,20,21,23). The topological polar surface area (TPSA) is 45.2 Å². The van der Waals surface area contributed by atoms with Crippen LogP contribution >= 0.6 is 22.9 Å². The van der Waals surface area contributed by atoms with E-state index in [1.54, 1.807) is 0 Å². The second-order valence-corrected chi connectivity index (χ2v) is 8.03. The average molecular weight is 364 g/mol. The van der Waals surface area contributed by atoms with Crippen LogP contribution in [0.4, 0.5) is 5.13 Å². The monoisotopic (exact) mass is 363 g/mol. The zero-order chi connectivity index (χ0) is 17.1. The number of carbonyl (C=O) groups is 1. The number of nitrogens with zero attached hydrogens (tertiary/aromatic N) is 2. The van der Waals surface area contributed by atoms with E-state index < -0.39 is 0 Å². The molecule has 1 aromatic carbocycles. The first-order valence-electron chi connectivity index (χ1n) is 8.23. The van der Waals surface area contributed by atoms with Crippen molar-refractivity contribution in [3.8, 4) is 11.3 Å².